The van der Waals surface area contributed by atoms with E-state index in [4.69, 9.17) is 4.98 Å². The maximum absolute atomic E-state index is 13.0. The van der Waals surface area contributed by atoms with Gasteiger partial charge < -0.3 is 15.1 Å². The molecule has 1 N–H and O–H groups in total. The SMILES string of the molecule is CN1CCN(C(=O)c2cc3c(ccc4cnc(Nc5ccccc5)nc43)s2)CC1. The predicted octanol–water partition coefficient (Wildman–Crippen LogP) is 3.98. The van der Waals surface area contributed by atoms with E-state index in [1.165, 1.54) is 11.3 Å². The van der Waals surface area contributed by atoms with Crippen molar-refractivity contribution in [1.82, 2.24) is 19.8 Å². The van der Waals surface area contributed by atoms with Gasteiger partial charge in [0.2, 0.25) is 5.95 Å². The van der Waals surface area contributed by atoms with Gasteiger partial charge in [-0.2, -0.15) is 0 Å². The molecule has 0 unspecified atom stereocenters. The van der Waals surface area contributed by atoms with E-state index >= 15 is 0 Å². The van der Waals surface area contributed by atoms with Gasteiger partial charge in [0.1, 0.15) is 0 Å². The Hall–Kier alpha value is -3.03. The van der Waals surface area contributed by atoms with Crippen molar-refractivity contribution in [2.24, 2.45) is 0 Å². The number of aromatic nitrogens is 2. The van der Waals surface area contributed by atoms with Crippen molar-refractivity contribution in [2.75, 3.05) is 38.5 Å². The number of thiophene rings is 1. The van der Waals surface area contributed by atoms with Crippen LogP contribution in [0.1, 0.15) is 9.67 Å². The Bertz CT molecular complexity index is 1180. The normalized spacial score (nSPS) is 15.1. The predicted molar refractivity (Wildman–Crippen MR) is 118 cm³/mol. The lowest BCUT2D eigenvalue weighted by atomic mass is 10.1. The molecule has 5 rings (SSSR count). The quantitative estimate of drug-likeness (QED) is 0.561. The van der Waals surface area contributed by atoms with E-state index in [1.54, 1.807) is 0 Å². The molecule has 0 bridgehead atoms. The highest BCUT2D eigenvalue weighted by molar-refractivity contribution is 7.21. The van der Waals surface area contributed by atoms with E-state index in [2.05, 4.69) is 28.3 Å². The van der Waals surface area contributed by atoms with Crippen LogP contribution in [-0.2, 0) is 0 Å². The standard InChI is InChI=1S/C22H21N5OS/c1-26-9-11-27(12-10-26)21(28)19-13-17-18(29-19)8-7-15-14-23-22(25-20(15)17)24-16-5-3-2-4-6-16/h2-8,13-14H,9-12H2,1H3,(H,23,24,25). The van der Waals surface area contributed by atoms with Crippen LogP contribution in [0, 0.1) is 0 Å². The fourth-order valence-electron chi connectivity index (χ4n) is 3.59. The zero-order chi connectivity index (χ0) is 19.8. The Morgan fingerprint density at radius 1 is 1.07 bits per heavy atom. The van der Waals surface area contributed by atoms with Crippen molar-refractivity contribution in [1.29, 1.82) is 0 Å². The number of hydrogen-bond acceptors (Lipinski definition) is 6. The molecule has 1 aliphatic heterocycles. The van der Waals surface area contributed by atoms with Crippen LogP contribution in [0.4, 0.5) is 11.6 Å². The number of anilines is 2. The number of hydrogen-bond donors (Lipinski definition) is 1. The minimum Gasteiger partial charge on any atom is -0.335 e. The van der Waals surface area contributed by atoms with Crippen molar-refractivity contribution < 1.29 is 4.79 Å². The molecular formula is C22H21N5OS. The molecule has 0 radical (unpaired) electrons. The van der Waals surface area contributed by atoms with E-state index in [0.29, 0.717) is 5.95 Å². The van der Waals surface area contributed by atoms with Gasteiger partial charge in [0, 0.05) is 53.5 Å². The summed E-state index contributed by atoms with van der Waals surface area (Å²) in [6, 6.07) is 15.9. The van der Waals surface area contributed by atoms with Crippen LogP contribution < -0.4 is 5.32 Å². The largest absolute Gasteiger partial charge is 0.335 e. The van der Waals surface area contributed by atoms with Crippen LogP contribution in [-0.4, -0.2) is 58.9 Å². The topological polar surface area (TPSA) is 61.4 Å². The highest BCUT2D eigenvalue weighted by Gasteiger charge is 2.22. The highest BCUT2D eigenvalue weighted by atomic mass is 32.1. The lowest BCUT2D eigenvalue weighted by molar-refractivity contribution is 0.0669. The van der Waals surface area contributed by atoms with E-state index in [-0.39, 0.29) is 5.91 Å². The number of nitrogens with one attached hydrogen (secondary N) is 1. The van der Waals surface area contributed by atoms with Crippen LogP contribution in [0.3, 0.4) is 0 Å². The first-order valence-electron chi connectivity index (χ1n) is 9.66. The summed E-state index contributed by atoms with van der Waals surface area (Å²) in [5.74, 6) is 0.665. The summed E-state index contributed by atoms with van der Waals surface area (Å²) in [6.07, 6.45) is 1.83. The van der Waals surface area contributed by atoms with Crippen LogP contribution >= 0.6 is 11.3 Å². The Kier molecular flexibility index (Phi) is 4.61. The molecule has 1 fully saturated rings. The van der Waals surface area contributed by atoms with E-state index in [1.807, 2.05) is 53.6 Å². The van der Waals surface area contributed by atoms with Gasteiger partial charge in [0.15, 0.2) is 0 Å². The number of nitrogens with zero attached hydrogens (tertiary/aromatic N) is 4. The van der Waals surface area contributed by atoms with Gasteiger partial charge in [-0.15, -0.1) is 11.3 Å². The molecule has 4 aromatic rings. The fraction of sp³-hybridized carbons (Fsp3) is 0.227. The maximum Gasteiger partial charge on any atom is 0.264 e. The summed E-state index contributed by atoms with van der Waals surface area (Å²) in [5, 5.41) is 5.22. The number of rotatable bonds is 3. The third-order valence-corrected chi connectivity index (χ3v) is 6.37. The van der Waals surface area contributed by atoms with Crippen molar-refractivity contribution in [3.8, 4) is 0 Å². The molecular weight excluding hydrogens is 382 g/mol. The number of fused-ring (bicyclic) bond motifs is 3. The number of para-hydroxylation sites is 1. The number of amides is 1. The molecule has 6 nitrogen and oxygen atoms in total. The second kappa shape index (κ2) is 7.42. The van der Waals surface area contributed by atoms with E-state index < -0.39 is 0 Å². The fourth-order valence-corrected chi connectivity index (χ4v) is 4.62. The lowest BCUT2D eigenvalue weighted by Gasteiger charge is -2.32. The van der Waals surface area contributed by atoms with E-state index in [0.717, 1.165) is 57.7 Å². The van der Waals surface area contributed by atoms with Gasteiger partial charge in [-0.05, 0) is 37.4 Å². The van der Waals surface area contributed by atoms with Gasteiger partial charge in [-0.1, -0.05) is 18.2 Å². The lowest BCUT2D eigenvalue weighted by Crippen LogP contribution is -2.46. The van der Waals surface area contributed by atoms with Crippen molar-refractivity contribution in [3.63, 3.8) is 0 Å². The first-order valence-corrected chi connectivity index (χ1v) is 10.5. The third-order valence-electron chi connectivity index (χ3n) is 5.28. The zero-order valence-electron chi connectivity index (χ0n) is 16.1. The second-order valence-corrected chi connectivity index (χ2v) is 8.39. The molecule has 0 spiro atoms. The van der Waals surface area contributed by atoms with Crippen LogP contribution in [0.25, 0.3) is 21.0 Å². The Morgan fingerprint density at radius 2 is 1.86 bits per heavy atom. The molecule has 146 valence electrons. The molecule has 7 heteroatoms. The molecule has 3 heterocycles. The molecule has 0 atom stereocenters. The second-order valence-electron chi connectivity index (χ2n) is 7.31. The molecule has 2 aromatic carbocycles. The molecule has 1 aliphatic rings. The average molecular weight is 404 g/mol. The van der Waals surface area contributed by atoms with Gasteiger partial charge in [-0.25, -0.2) is 9.97 Å². The first-order chi connectivity index (χ1) is 14.2. The Balaban J connectivity index is 1.50. The summed E-state index contributed by atoms with van der Waals surface area (Å²) < 4.78 is 1.07. The molecule has 2 aromatic heterocycles. The minimum absolute atomic E-state index is 0.115. The van der Waals surface area contributed by atoms with Crippen molar-refractivity contribution >= 4 is 49.9 Å². The number of piperazine rings is 1. The molecule has 1 saturated heterocycles. The van der Waals surface area contributed by atoms with Crippen molar-refractivity contribution in [3.05, 3.63) is 59.6 Å². The first kappa shape index (κ1) is 18.0. The third kappa shape index (κ3) is 3.54. The zero-order valence-corrected chi connectivity index (χ0v) is 16.9. The summed E-state index contributed by atoms with van der Waals surface area (Å²) in [7, 11) is 2.09. The number of likely N-dealkylation sites (N-methyl/N-ethyl adjacent to an activating group) is 1. The Morgan fingerprint density at radius 3 is 2.66 bits per heavy atom. The van der Waals surface area contributed by atoms with Crippen LogP contribution in [0.5, 0.6) is 0 Å². The van der Waals surface area contributed by atoms with Crippen molar-refractivity contribution in [2.45, 2.75) is 0 Å². The van der Waals surface area contributed by atoms with Gasteiger partial charge in [0.05, 0.1) is 10.4 Å². The molecule has 0 saturated carbocycles. The van der Waals surface area contributed by atoms with Crippen LogP contribution in [0.15, 0.2) is 54.7 Å². The molecule has 1 amide bonds. The summed E-state index contributed by atoms with van der Waals surface area (Å²) in [4.78, 5) is 27.1. The number of carbonyl (C=O) groups excluding carboxylic acids is 1. The highest BCUT2D eigenvalue weighted by Crippen LogP contribution is 2.32. The molecule has 29 heavy (non-hydrogen) atoms. The summed E-state index contributed by atoms with van der Waals surface area (Å²) in [6.45, 7) is 3.39. The smallest absolute Gasteiger partial charge is 0.264 e. The average Bonchev–Trinajstić information content (AvgIpc) is 3.19. The van der Waals surface area contributed by atoms with Gasteiger partial charge in [-0.3, -0.25) is 4.79 Å². The monoisotopic (exact) mass is 403 g/mol. The van der Waals surface area contributed by atoms with E-state index in [9.17, 15) is 4.79 Å². The summed E-state index contributed by atoms with van der Waals surface area (Å²) >= 11 is 1.54. The minimum atomic E-state index is 0.115. The molecule has 0 aliphatic carbocycles. The number of carbonyl (C=O) groups is 1. The summed E-state index contributed by atoms with van der Waals surface area (Å²) in [5.41, 5.74) is 1.81. The number of benzene rings is 2. The van der Waals surface area contributed by atoms with Gasteiger partial charge >= 0.3 is 0 Å². The van der Waals surface area contributed by atoms with Crippen LogP contribution in [0.2, 0.25) is 0 Å². The Labute approximate surface area is 172 Å². The maximum atomic E-state index is 13.0. The van der Waals surface area contributed by atoms with Gasteiger partial charge in [0.25, 0.3) is 5.91 Å².